The number of carbonyl (C=O) groups excluding carboxylic acids is 1. The van der Waals surface area contributed by atoms with Crippen LogP contribution in [0.5, 0.6) is 0 Å². The Morgan fingerprint density at radius 3 is 2.21 bits per heavy atom. The predicted octanol–water partition coefficient (Wildman–Crippen LogP) is 5.23. The fourth-order valence-electron chi connectivity index (χ4n) is 4.46. The molecule has 1 heterocycles. The Hall–Kier alpha value is -2.76. The molecule has 176 valence electrons. The number of likely N-dealkylation sites (N-methyl/N-ethyl adjacent to an activating group) is 1. The first kappa shape index (κ1) is 24.9. The lowest BCUT2D eigenvalue weighted by atomic mass is 9.95. The van der Waals surface area contributed by atoms with Crippen molar-refractivity contribution in [3.8, 4) is 0 Å². The third-order valence-electron chi connectivity index (χ3n) is 6.55. The topological polar surface area (TPSA) is 26.8 Å². The van der Waals surface area contributed by atoms with Gasteiger partial charge in [-0.05, 0) is 56.7 Å². The summed E-state index contributed by atoms with van der Waals surface area (Å²) in [5, 5.41) is 0. The summed E-state index contributed by atoms with van der Waals surface area (Å²) in [6.07, 6.45) is 6.27. The van der Waals surface area contributed by atoms with Gasteiger partial charge in [-0.1, -0.05) is 60.7 Å². The Balaban J connectivity index is 1.64. The van der Waals surface area contributed by atoms with Crippen LogP contribution in [0.2, 0.25) is 0 Å². The minimum absolute atomic E-state index is 0.0461. The zero-order valence-electron chi connectivity index (χ0n) is 20.2. The van der Waals surface area contributed by atoms with Gasteiger partial charge < -0.3 is 4.90 Å². The number of piperazine rings is 1. The van der Waals surface area contributed by atoms with Crippen LogP contribution in [0, 0.1) is 5.82 Å². The zero-order valence-corrected chi connectivity index (χ0v) is 20.2. The van der Waals surface area contributed by atoms with Crippen molar-refractivity contribution in [1.82, 2.24) is 14.7 Å². The molecule has 0 N–H and O–H groups in total. The molecule has 1 unspecified atom stereocenters. The van der Waals surface area contributed by atoms with Crippen LogP contribution >= 0.6 is 0 Å². The van der Waals surface area contributed by atoms with Crippen molar-refractivity contribution in [2.75, 3.05) is 39.8 Å². The number of rotatable bonds is 8. The first-order valence-corrected chi connectivity index (χ1v) is 11.8. The van der Waals surface area contributed by atoms with E-state index in [0.29, 0.717) is 19.6 Å². The van der Waals surface area contributed by atoms with Crippen LogP contribution in [-0.2, 0) is 4.79 Å². The first-order chi connectivity index (χ1) is 15.9. The molecule has 0 aromatic heterocycles. The average molecular weight is 450 g/mol. The van der Waals surface area contributed by atoms with Gasteiger partial charge in [0.2, 0.25) is 5.91 Å². The maximum Gasteiger partial charge on any atom is 0.236 e. The highest BCUT2D eigenvalue weighted by Crippen LogP contribution is 2.31. The van der Waals surface area contributed by atoms with Crippen LogP contribution in [0.1, 0.15) is 44.0 Å². The van der Waals surface area contributed by atoms with Gasteiger partial charge >= 0.3 is 0 Å². The Bertz CT molecular complexity index is 947. The summed E-state index contributed by atoms with van der Waals surface area (Å²) >= 11 is 0. The highest BCUT2D eigenvalue weighted by atomic mass is 19.1. The molecule has 0 bridgehead atoms. The van der Waals surface area contributed by atoms with Crippen molar-refractivity contribution in [2.45, 2.75) is 32.9 Å². The minimum atomic E-state index is -0.227. The van der Waals surface area contributed by atoms with Gasteiger partial charge in [0.15, 0.2) is 0 Å². The van der Waals surface area contributed by atoms with Crippen molar-refractivity contribution >= 4 is 5.91 Å². The van der Waals surface area contributed by atoms with Gasteiger partial charge in [-0.15, -0.1) is 0 Å². The molecule has 0 radical (unpaired) electrons. The lowest BCUT2D eigenvalue weighted by molar-refractivity contribution is -0.134. The second kappa shape index (κ2) is 11.9. The standard InChI is InChI=1S/C28H36FN3O/c1-5-10-23(6-2)28(25-13-15-26(29)16-14-25)32-19-17-31(18-20-32)27(33)21-30(4)22(3)24-11-8-7-9-12-24/h5-16,22,28H,17-21H2,1-4H3/b10-5-,23-6+/t22-,28?/m1/s1. The van der Waals surface area contributed by atoms with E-state index in [1.165, 1.54) is 23.3 Å². The fourth-order valence-corrected chi connectivity index (χ4v) is 4.46. The maximum atomic E-state index is 13.5. The molecule has 4 nitrogen and oxygen atoms in total. The smallest absolute Gasteiger partial charge is 0.236 e. The third-order valence-corrected chi connectivity index (χ3v) is 6.55. The van der Waals surface area contributed by atoms with Gasteiger partial charge in [-0.2, -0.15) is 0 Å². The zero-order chi connectivity index (χ0) is 23.8. The van der Waals surface area contributed by atoms with Gasteiger partial charge in [0.05, 0.1) is 12.6 Å². The lowest BCUT2D eigenvalue weighted by Gasteiger charge is -2.40. The minimum Gasteiger partial charge on any atom is -0.339 e. The monoisotopic (exact) mass is 449 g/mol. The van der Waals surface area contributed by atoms with E-state index in [1.54, 1.807) is 0 Å². The van der Waals surface area contributed by atoms with Crippen molar-refractivity contribution in [2.24, 2.45) is 0 Å². The molecular weight excluding hydrogens is 413 g/mol. The molecule has 2 aromatic carbocycles. The molecule has 3 rings (SSSR count). The number of hydrogen-bond donors (Lipinski definition) is 0. The Morgan fingerprint density at radius 2 is 1.64 bits per heavy atom. The van der Waals surface area contributed by atoms with Crippen molar-refractivity contribution < 1.29 is 9.18 Å². The van der Waals surface area contributed by atoms with Crippen LogP contribution in [0.25, 0.3) is 0 Å². The molecule has 0 saturated carbocycles. The summed E-state index contributed by atoms with van der Waals surface area (Å²) < 4.78 is 13.5. The molecule has 2 atom stereocenters. The van der Waals surface area contributed by atoms with Crippen molar-refractivity contribution in [1.29, 1.82) is 0 Å². The van der Waals surface area contributed by atoms with Crippen LogP contribution in [0.15, 0.2) is 78.4 Å². The number of carbonyl (C=O) groups is 1. The van der Waals surface area contributed by atoms with Crippen molar-refractivity contribution in [3.63, 3.8) is 0 Å². The highest BCUT2D eigenvalue weighted by molar-refractivity contribution is 5.78. The molecule has 5 heteroatoms. The molecule has 1 aliphatic rings. The lowest BCUT2D eigenvalue weighted by Crippen LogP contribution is -2.52. The summed E-state index contributed by atoms with van der Waals surface area (Å²) in [7, 11) is 2.01. The average Bonchev–Trinajstić information content (AvgIpc) is 2.85. The Labute approximate surface area is 198 Å². The molecule has 2 aromatic rings. The maximum absolute atomic E-state index is 13.5. The number of nitrogens with zero attached hydrogens (tertiary/aromatic N) is 3. The molecule has 1 saturated heterocycles. The second-order valence-corrected chi connectivity index (χ2v) is 8.66. The van der Waals surface area contributed by atoms with E-state index in [4.69, 9.17) is 0 Å². The number of allylic oxidation sites excluding steroid dienone is 2. The van der Waals surface area contributed by atoms with E-state index >= 15 is 0 Å². The quantitative estimate of drug-likeness (QED) is 0.517. The molecular formula is C28H36FN3O. The van der Waals surface area contributed by atoms with Crippen LogP contribution < -0.4 is 0 Å². The summed E-state index contributed by atoms with van der Waals surface area (Å²) in [5.74, 6) is -0.0622. The number of benzene rings is 2. The van der Waals surface area contributed by atoms with Crippen LogP contribution in [0.3, 0.4) is 0 Å². The molecule has 0 spiro atoms. The SMILES string of the molecule is C/C=C\C(=C/C)C(c1ccc(F)cc1)N1CCN(C(=O)CN(C)[C@H](C)c2ccccc2)CC1. The first-order valence-electron chi connectivity index (χ1n) is 11.8. The van der Waals surface area contributed by atoms with Crippen LogP contribution in [0.4, 0.5) is 4.39 Å². The summed E-state index contributed by atoms with van der Waals surface area (Å²) in [5.41, 5.74) is 3.46. The summed E-state index contributed by atoms with van der Waals surface area (Å²) in [4.78, 5) is 19.5. The van der Waals surface area contributed by atoms with E-state index in [-0.39, 0.29) is 23.8 Å². The van der Waals surface area contributed by atoms with E-state index < -0.39 is 0 Å². The van der Waals surface area contributed by atoms with E-state index in [0.717, 1.165) is 18.7 Å². The van der Waals surface area contributed by atoms with E-state index in [2.05, 4.69) is 41.0 Å². The summed E-state index contributed by atoms with van der Waals surface area (Å²) in [6.45, 7) is 9.52. The second-order valence-electron chi connectivity index (χ2n) is 8.66. The number of amides is 1. The van der Waals surface area contributed by atoms with Crippen LogP contribution in [-0.4, -0.2) is 60.4 Å². The molecule has 1 amide bonds. The summed E-state index contributed by atoms with van der Waals surface area (Å²) in [6, 6.07) is 17.3. The van der Waals surface area contributed by atoms with Gasteiger partial charge in [0.1, 0.15) is 5.82 Å². The predicted molar refractivity (Wildman–Crippen MR) is 133 cm³/mol. The van der Waals surface area contributed by atoms with Gasteiger partial charge in [0.25, 0.3) is 0 Å². The van der Waals surface area contributed by atoms with Gasteiger partial charge in [-0.25, -0.2) is 4.39 Å². The number of halogens is 1. The Kier molecular flexibility index (Phi) is 8.98. The van der Waals surface area contributed by atoms with Gasteiger partial charge in [0, 0.05) is 32.2 Å². The van der Waals surface area contributed by atoms with E-state index in [9.17, 15) is 9.18 Å². The van der Waals surface area contributed by atoms with Crippen molar-refractivity contribution in [3.05, 3.63) is 95.3 Å². The third kappa shape index (κ3) is 6.40. The Morgan fingerprint density at radius 1 is 1.00 bits per heavy atom. The fraction of sp³-hybridized carbons (Fsp3) is 0.393. The van der Waals surface area contributed by atoms with E-state index in [1.807, 2.05) is 62.2 Å². The largest absolute Gasteiger partial charge is 0.339 e. The normalized spacial score (nSPS) is 17.5. The molecule has 1 aliphatic heterocycles. The molecule has 0 aliphatic carbocycles. The van der Waals surface area contributed by atoms with Gasteiger partial charge in [-0.3, -0.25) is 14.6 Å². The highest BCUT2D eigenvalue weighted by Gasteiger charge is 2.29. The molecule has 1 fully saturated rings. The molecule has 33 heavy (non-hydrogen) atoms. The number of hydrogen-bond acceptors (Lipinski definition) is 3.